The van der Waals surface area contributed by atoms with Crippen LogP contribution in [0.15, 0.2) is 59.8 Å². The second-order valence-corrected chi connectivity index (χ2v) is 9.90. The standard InChI is InChI=1S/C24H27ClN4OS/c1-17-12-14-28(15-13-17)23(30)18(2)31-24-27-26-22(20-8-10-21(25)11-9-20)29(24)16-19-6-4-3-5-7-19/h3-11,17-18H,12-16H2,1-2H3. The van der Waals surface area contributed by atoms with E-state index < -0.39 is 0 Å². The van der Waals surface area contributed by atoms with E-state index in [0.717, 1.165) is 48.0 Å². The van der Waals surface area contributed by atoms with Crippen molar-refractivity contribution in [3.63, 3.8) is 0 Å². The highest BCUT2D eigenvalue weighted by Gasteiger charge is 2.27. The fourth-order valence-corrected chi connectivity index (χ4v) is 4.85. The van der Waals surface area contributed by atoms with Crippen molar-refractivity contribution in [1.29, 1.82) is 0 Å². The number of carbonyl (C=O) groups excluding carboxylic acids is 1. The maximum Gasteiger partial charge on any atom is 0.235 e. The minimum absolute atomic E-state index is 0.180. The van der Waals surface area contributed by atoms with E-state index in [0.29, 0.717) is 17.5 Å². The third-order valence-electron chi connectivity index (χ3n) is 5.73. The summed E-state index contributed by atoms with van der Waals surface area (Å²) in [5.41, 5.74) is 2.10. The number of hydrogen-bond donors (Lipinski definition) is 0. The van der Waals surface area contributed by atoms with E-state index in [-0.39, 0.29) is 11.2 Å². The number of benzene rings is 2. The highest BCUT2D eigenvalue weighted by atomic mass is 35.5. The summed E-state index contributed by atoms with van der Waals surface area (Å²) < 4.78 is 2.09. The molecule has 1 amide bonds. The summed E-state index contributed by atoms with van der Waals surface area (Å²) in [6, 6.07) is 17.8. The van der Waals surface area contributed by atoms with Crippen LogP contribution >= 0.6 is 23.4 Å². The van der Waals surface area contributed by atoms with Gasteiger partial charge in [0.05, 0.1) is 11.8 Å². The van der Waals surface area contributed by atoms with E-state index in [2.05, 4.69) is 33.8 Å². The van der Waals surface area contributed by atoms with Gasteiger partial charge >= 0.3 is 0 Å². The fourth-order valence-electron chi connectivity index (χ4n) is 3.79. The first-order chi connectivity index (χ1) is 15.0. The molecule has 3 aromatic rings. The Hall–Kier alpha value is -2.31. The van der Waals surface area contributed by atoms with Crippen molar-refractivity contribution in [2.24, 2.45) is 5.92 Å². The molecule has 0 N–H and O–H groups in total. The third kappa shape index (κ3) is 5.31. The van der Waals surface area contributed by atoms with Gasteiger partial charge in [-0.15, -0.1) is 10.2 Å². The van der Waals surface area contributed by atoms with Crippen molar-refractivity contribution in [3.8, 4) is 11.4 Å². The smallest absolute Gasteiger partial charge is 0.235 e. The van der Waals surface area contributed by atoms with E-state index in [9.17, 15) is 4.79 Å². The van der Waals surface area contributed by atoms with Gasteiger partial charge in [-0.2, -0.15) is 0 Å². The molecule has 5 nitrogen and oxygen atoms in total. The average molecular weight is 455 g/mol. The molecule has 162 valence electrons. The molecule has 2 aromatic carbocycles. The van der Waals surface area contributed by atoms with Crippen molar-refractivity contribution >= 4 is 29.3 Å². The van der Waals surface area contributed by atoms with E-state index >= 15 is 0 Å². The maximum absolute atomic E-state index is 13.0. The zero-order chi connectivity index (χ0) is 21.8. The first-order valence-corrected chi connectivity index (χ1v) is 12.0. The molecule has 0 radical (unpaired) electrons. The monoisotopic (exact) mass is 454 g/mol. The van der Waals surface area contributed by atoms with Gasteiger partial charge in [-0.3, -0.25) is 9.36 Å². The summed E-state index contributed by atoms with van der Waals surface area (Å²) in [6.07, 6.45) is 2.15. The number of halogens is 1. The molecule has 2 heterocycles. The lowest BCUT2D eigenvalue weighted by Gasteiger charge is -2.32. The van der Waals surface area contributed by atoms with Crippen LogP contribution in [0.3, 0.4) is 0 Å². The fraction of sp³-hybridized carbons (Fsp3) is 0.375. The Morgan fingerprint density at radius 3 is 2.45 bits per heavy atom. The van der Waals surface area contributed by atoms with Crippen LogP contribution in [0.2, 0.25) is 5.02 Å². The predicted molar refractivity (Wildman–Crippen MR) is 126 cm³/mol. The second-order valence-electron chi connectivity index (χ2n) is 8.15. The van der Waals surface area contributed by atoms with Gasteiger partial charge in [0, 0.05) is 23.7 Å². The van der Waals surface area contributed by atoms with Crippen LogP contribution in [-0.4, -0.2) is 43.9 Å². The van der Waals surface area contributed by atoms with Crippen molar-refractivity contribution in [2.45, 2.75) is 43.6 Å². The normalized spacial score (nSPS) is 15.8. The molecule has 0 aliphatic carbocycles. The Balaban J connectivity index is 1.59. The molecule has 1 aliphatic heterocycles. The molecular weight excluding hydrogens is 428 g/mol. The lowest BCUT2D eigenvalue weighted by Crippen LogP contribution is -2.41. The van der Waals surface area contributed by atoms with Crippen LogP contribution in [0.1, 0.15) is 32.3 Å². The van der Waals surface area contributed by atoms with Crippen LogP contribution in [0.5, 0.6) is 0 Å². The van der Waals surface area contributed by atoms with Gasteiger partial charge < -0.3 is 4.90 Å². The Kier molecular flexibility index (Phi) is 6.98. The number of piperidine rings is 1. The van der Waals surface area contributed by atoms with Gasteiger partial charge in [0.25, 0.3) is 0 Å². The van der Waals surface area contributed by atoms with E-state index in [1.54, 1.807) is 0 Å². The number of aromatic nitrogens is 3. The lowest BCUT2D eigenvalue weighted by atomic mass is 9.99. The molecule has 7 heteroatoms. The van der Waals surface area contributed by atoms with Crippen molar-refractivity contribution < 1.29 is 4.79 Å². The first-order valence-electron chi connectivity index (χ1n) is 10.7. The number of thioether (sulfide) groups is 1. The van der Waals surface area contributed by atoms with Gasteiger partial charge in [-0.1, -0.05) is 60.6 Å². The SMILES string of the molecule is CC1CCN(C(=O)C(C)Sc2nnc(-c3ccc(Cl)cc3)n2Cc2ccccc2)CC1. The number of likely N-dealkylation sites (tertiary alicyclic amines) is 1. The summed E-state index contributed by atoms with van der Waals surface area (Å²) in [7, 11) is 0. The molecule has 1 saturated heterocycles. The maximum atomic E-state index is 13.0. The van der Waals surface area contributed by atoms with Crippen LogP contribution in [0.25, 0.3) is 11.4 Å². The molecular formula is C24H27ClN4OS. The van der Waals surface area contributed by atoms with Crippen molar-refractivity contribution in [2.75, 3.05) is 13.1 Å². The molecule has 31 heavy (non-hydrogen) atoms. The summed E-state index contributed by atoms with van der Waals surface area (Å²) >= 11 is 7.55. The van der Waals surface area contributed by atoms with Crippen LogP contribution in [0, 0.1) is 5.92 Å². The summed E-state index contributed by atoms with van der Waals surface area (Å²) in [5, 5.41) is 10.1. The predicted octanol–water partition coefficient (Wildman–Crippen LogP) is 5.39. The Morgan fingerprint density at radius 2 is 1.77 bits per heavy atom. The molecule has 1 aromatic heterocycles. The van der Waals surface area contributed by atoms with Crippen molar-refractivity contribution in [3.05, 3.63) is 65.2 Å². The molecule has 1 aliphatic rings. The molecule has 0 spiro atoms. The molecule has 1 atom stereocenters. The van der Waals surface area contributed by atoms with Crippen LogP contribution in [0.4, 0.5) is 0 Å². The summed E-state index contributed by atoms with van der Waals surface area (Å²) in [5.74, 6) is 1.65. The van der Waals surface area contributed by atoms with Crippen LogP contribution in [-0.2, 0) is 11.3 Å². The van der Waals surface area contributed by atoms with Gasteiger partial charge in [0.15, 0.2) is 11.0 Å². The quantitative estimate of drug-likeness (QED) is 0.469. The Labute approximate surface area is 192 Å². The third-order valence-corrected chi connectivity index (χ3v) is 7.05. The largest absolute Gasteiger partial charge is 0.342 e. The average Bonchev–Trinajstić information content (AvgIpc) is 3.17. The zero-order valence-electron chi connectivity index (χ0n) is 17.9. The summed E-state index contributed by atoms with van der Waals surface area (Å²) in [6.45, 7) is 6.55. The van der Waals surface area contributed by atoms with E-state index in [1.165, 1.54) is 11.8 Å². The van der Waals surface area contributed by atoms with Crippen molar-refractivity contribution in [1.82, 2.24) is 19.7 Å². The van der Waals surface area contributed by atoms with Gasteiger partial charge in [0.1, 0.15) is 0 Å². The highest BCUT2D eigenvalue weighted by molar-refractivity contribution is 8.00. The minimum atomic E-state index is -0.217. The van der Waals surface area contributed by atoms with Crippen LogP contribution < -0.4 is 0 Å². The van der Waals surface area contributed by atoms with Gasteiger partial charge in [0.2, 0.25) is 5.91 Å². The Bertz CT molecular complexity index is 1010. The van der Waals surface area contributed by atoms with Gasteiger partial charge in [-0.25, -0.2) is 0 Å². The highest BCUT2D eigenvalue weighted by Crippen LogP contribution is 2.30. The number of carbonyl (C=O) groups is 1. The molecule has 1 unspecified atom stereocenters. The zero-order valence-corrected chi connectivity index (χ0v) is 19.4. The van der Waals surface area contributed by atoms with Gasteiger partial charge in [-0.05, 0) is 55.5 Å². The minimum Gasteiger partial charge on any atom is -0.342 e. The van der Waals surface area contributed by atoms with E-state index in [4.69, 9.17) is 11.6 Å². The number of rotatable bonds is 6. The first kappa shape index (κ1) is 21.9. The molecule has 0 saturated carbocycles. The second kappa shape index (κ2) is 9.88. The Morgan fingerprint density at radius 1 is 1.10 bits per heavy atom. The number of nitrogens with zero attached hydrogens (tertiary/aromatic N) is 4. The molecule has 0 bridgehead atoms. The van der Waals surface area contributed by atoms with E-state index in [1.807, 2.05) is 54.3 Å². The summed E-state index contributed by atoms with van der Waals surface area (Å²) in [4.78, 5) is 15.0. The number of amides is 1. The lowest BCUT2D eigenvalue weighted by molar-refractivity contribution is -0.131. The topological polar surface area (TPSA) is 51.0 Å². The number of hydrogen-bond acceptors (Lipinski definition) is 4. The molecule has 1 fully saturated rings. The molecule has 4 rings (SSSR count).